The third kappa shape index (κ3) is 5.29. The second kappa shape index (κ2) is 7.86. The van der Waals surface area contributed by atoms with Gasteiger partial charge in [-0.1, -0.05) is 0 Å². The molecule has 0 spiro atoms. The van der Waals surface area contributed by atoms with Crippen molar-refractivity contribution in [3.05, 3.63) is 33.6 Å². The van der Waals surface area contributed by atoms with E-state index in [-0.39, 0.29) is 24.0 Å². The summed E-state index contributed by atoms with van der Waals surface area (Å²) >= 11 is 0. The predicted octanol–water partition coefficient (Wildman–Crippen LogP) is 3.27. The van der Waals surface area contributed by atoms with Gasteiger partial charge in [-0.2, -0.15) is 0 Å². The van der Waals surface area contributed by atoms with E-state index in [2.05, 4.69) is 0 Å². The molecule has 1 amide bonds. The Morgan fingerprint density at radius 3 is 2.69 bits per heavy atom. The van der Waals surface area contributed by atoms with Crippen molar-refractivity contribution in [3.8, 4) is 5.75 Å². The Labute approximate surface area is 151 Å². The zero-order valence-electron chi connectivity index (χ0n) is 15.3. The van der Waals surface area contributed by atoms with Crippen molar-refractivity contribution in [1.29, 1.82) is 0 Å². The number of halogens is 1. The second-order valence-electron chi connectivity index (χ2n) is 7.11. The van der Waals surface area contributed by atoms with Gasteiger partial charge >= 0.3 is 6.09 Å². The average molecular weight is 370 g/mol. The summed E-state index contributed by atoms with van der Waals surface area (Å²) in [7, 11) is 1.47. The van der Waals surface area contributed by atoms with E-state index in [1.807, 2.05) is 0 Å². The number of amides is 1. The molecule has 1 aromatic rings. The average Bonchev–Trinajstić information content (AvgIpc) is 3.01. The first-order valence-electron chi connectivity index (χ1n) is 8.22. The maximum atomic E-state index is 14.4. The summed E-state index contributed by atoms with van der Waals surface area (Å²) in [6, 6.07) is 2.01. The van der Waals surface area contributed by atoms with E-state index in [9.17, 15) is 19.3 Å². The Hall–Kier alpha value is -2.42. The normalized spacial score (nSPS) is 17.0. The predicted molar refractivity (Wildman–Crippen MR) is 90.6 cm³/mol. The SMILES string of the molecule is CN(Cc1cc([N+](=O)[O-])cc(F)c1O[C@@H]1CCOC1)C(=O)OC(C)(C)C. The summed E-state index contributed by atoms with van der Waals surface area (Å²) in [5.41, 5.74) is -0.915. The highest BCUT2D eigenvalue weighted by Gasteiger charge is 2.26. The maximum absolute atomic E-state index is 14.4. The standard InChI is InChI=1S/C17H23FN2O6/c1-17(2,3)26-16(21)19(4)9-11-7-12(20(22)23)8-14(18)15(11)25-13-5-6-24-10-13/h7-8,13H,5-6,9-10H2,1-4H3/t13-/m1/s1. The van der Waals surface area contributed by atoms with Crippen LogP contribution in [0.5, 0.6) is 5.75 Å². The van der Waals surface area contributed by atoms with Crippen LogP contribution in [0.3, 0.4) is 0 Å². The number of ether oxygens (including phenoxy) is 3. The van der Waals surface area contributed by atoms with E-state index < -0.39 is 28.1 Å². The molecule has 9 heteroatoms. The van der Waals surface area contributed by atoms with Gasteiger partial charge in [0.15, 0.2) is 11.6 Å². The van der Waals surface area contributed by atoms with Gasteiger partial charge in [-0.3, -0.25) is 10.1 Å². The maximum Gasteiger partial charge on any atom is 0.410 e. The number of hydrogen-bond donors (Lipinski definition) is 0. The quantitative estimate of drug-likeness (QED) is 0.584. The summed E-state index contributed by atoms with van der Waals surface area (Å²) in [5, 5.41) is 11.0. The van der Waals surface area contributed by atoms with Gasteiger partial charge in [0.25, 0.3) is 5.69 Å². The smallest absolute Gasteiger partial charge is 0.410 e. The molecule has 0 N–H and O–H groups in total. The first-order chi connectivity index (χ1) is 12.1. The van der Waals surface area contributed by atoms with Gasteiger partial charge in [0.1, 0.15) is 11.7 Å². The Morgan fingerprint density at radius 1 is 1.46 bits per heavy atom. The van der Waals surface area contributed by atoms with Gasteiger partial charge in [-0.15, -0.1) is 0 Å². The lowest BCUT2D eigenvalue weighted by atomic mass is 10.1. The number of carbonyl (C=O) groups is 1. The molecule has 0 bridgehead atoms. The summed E-state index contributed by atoms with van der Waals surface area (Å²) in [5.74, 6) is -0.958. The number of nitro groups is 1. The van der Waals surface area contributed by atoms with Crippen LogP contribution in [0.1, 0.15) is 32.8 Å². The molecule has 0 saturated carbocycles. The molecular weight excluding hydrogens is 347 g/mol. The third-order valence-corrected chi connectivity index (χ3v) is 3.60. The van der Waals surface area contributed by atoms with Crippen molar-refractivity contribution in [2.24, 2.45) is 0 Å². The molecule has 1 aliphatic heterocycles. The van der Waals surface area contributed by atoms with Crippen molar-refractivity contribution in [3.63, 3.8) is 0 Å². The van der Waals surface area contributed by atoms with E-state index >= 15 is 0 Å². The molecule has 0 radical (unpaired) electrons. The van der Waals surface area contributed by atoms with Crippen molar-refractivity contribution in [2.75, 3.05) is 20.3 Å². The molecule has 1 saturated heterocycles. The van der Waals surface area contributed by atoms with Gasteiger partial charge in [0.2, 0.25) is 0 Å². The summed E-state index contributed by atoms with van der Waals surface area (Å²) in [4.78, 5) is 23.7. The van der Waals surface area contributed by atoms with E-state index in [1.54, 1.807) is 20.8 Å². The monoisotopic (exact) mass is 370 g/mol. The number of hydrogen-bond acceptors (Lipinski definition) is 6. The molecule has 26 heavy (non-hydrogen) atoms. The molecule has 144 valence electrons. The molecule has 1 fully saturated rings. The Bertz CT molecular complexity index is 683. The fourth-order valence-corrected chi connectivity index (χ4v) is 2.42. The van der Waals surface area contributed by atoms with Crippen LogP contribution in [0.25, 0.3) is 0 Å². The summed E-state index contributed by atoms with van der Waals surface area (Å²) in [6.07, 6.45) is -0.367. The van der Waals surface area contributed by atoms with Gasteiger partial charge in [-0.05, 0) is 20.8 Å². The lowest BCUT2D eigenvalue weighted by Crippen LogP contribution is -2.34. The van der Waals surface area contributed by atoms with E-state index in [0.29, 0.717) is 19.6 Å². The number of nitrogens with zero attached hydrogens (tertiary/aromatic N) is 2. The molecule has 1 heterocycles. The third-order valence-electron chi connectivity index (χ3n) is 3.60. The number of rotatable bonds is 5. The van der Waals surface area contributed by atoms with Gasteiger partial charge < -0.3 is 19.1 Å². The van der Waals surface area contributed by atoms with Gasteiger partial charge in [0.05, 0.1) is 30.7 Å². The first-order valence-corrected chi connectivity index (χ1v) is 8.22. The van der Waals surface area contributed by atoms with Crippen molar-refractivity contribution in [1.82, 2.24) is 4.90 Å². The molecule has 0 aliphatic carbocycles. The number of nitro benzene ring substituents is 1. The minimum atomic E-state index is -0.848. The lowest BCUT2D eigenvalue weighted by molar-refractivity contribution is -0.385. The van der Waals surface area contributed by atoms with Crippen molar-refractivity contribution < 1.29 is 28.3 Å². The van der Waals surface area contributed by atoms with Crippen LogP contribution in [0.15, 0.2) is 12.1 Å². The van der Waals surface area contributed by atoms with Crippen LogP contribution >= 0.6 is 0 Å². The fourth-order valence-electron chi connectivity index (χ4n) is 2.42. The van der Waals surface area contributed by atoms with Crippen LogP contribution in [0, 0.1) is 15.9 Å². The van der Waals surface area contributed by atoms with Crippen molar-refractivity contribution in [2.45, 2.75) is 45.4 Å². The number of non-ortho nitro benzene ring substituents is 1. The Morgan fingerprint density at radius 2 is 2.15 bits per heavy atom. The van der Waals surface area contributed by atoms with Crippen LogP contribution in [-0.2, 0) is 16.0 Å². The molecule has 1 atom stereocenters. The molecule has 1 aliphatic rings. The Balaban J connectivity index is 2.27. The summed E-state index contributed by atoms with van der Waals surface area (Å²) < 4.78 is 30.6. The lowest BCUT2D eigenvalue weighted by Gasteiger charge is -2.25. The highest BCUT2D eigenvalue weighted by atomic mass is 19.1. The molecule has 2 rings (SSSR count). The van der Waals surface area contributed by atoms with Crippen LogP contribution in [0.2, 0.25) is 0 Å². The molecular formula is C17H23FN2O6. The highest BCUT2D eigenvalue weighted by molar-refractivity contribution is 5.68. The first kappa shape index (κ1) is 19.9. The van der Waals surface area contributed by atoms with E-state index in [1.165, 1.54) is 18.0 Å². The molecule has 0 aromatic heterocycles. The van der Waals surface area contributed by atoms with E-state index in [0.717, 1.165) is 6.07 Å². The van der Waals surface area contributed by atoms with Crippen molar-refractivity contribution >= 4 is 11.8 Å². The second-order valence-corrected chi connectivity index (χ2v) is 7.11. The Kier molecular flexibility index (Phi) is 6.01. The fraction of sp³-hybridized carbons (Fsp3) is 0.588. The topological polar surface area (TPSA) is 91.1 Å². The number of carbonyl (C=O) groups excluding carboxylic acids is 1. The molecule has 0 unspecified atom stereocenters. The summed E-state index contributed by atoms with van der Waals surface area (Å²) in [6.45, 7) is 5.89. The minimum Gasteiger partial charge on any atom is -0.484 e. The minimum absolute atomic E-state index is 0.101. The number of benzene rings is 1. The van der Waals surface area contributed by atoms with Gasteiger partial charge in [-0.25, -0.2) is 9.18 Å². The van der Waals surface area contributed by atoms with E-state index in [4.69, 9.17) is 14.2 Å². The van der Waals surface area contributed by atoms with Crippen LogP contribution < -0.4 is 4.74 Å². The largest absolute Gasteiger partial charge is 0.484 e. The van der Waals surface area contributed by atoms with Crippen LogP contribution in [0.4, 0.5) is 14.9 Å². The van der Waals surface area contributed by atoms with Gasteiger partial charge in [0, 0.05) is 25.1 Å². The zero-order chi connectivity index (χ0) is 19.5. The zero-order valence-corrected chi connectivity index (χ0v) is 15.3. The van der Waals surface area contributed by atoms with Crippen LogP contribution in [-0.4, -0.2) is 47.9 Å². The highest BCUT2D eigenvalue weighted by Crippen LogP contribution is 2.31. The molecule has 1 aromatic carbocycles. The molecule has 8 nitrogen and oxygen atoms in total.